The Morgan fingerprint density at radius 1 is 1.15 bits per heavy atom. The molecule has 0 aromatic rings. The quantitative estimate of drug-likeness (QED) is 0.800. The van der Waals surface area contributed by atoms with Crippen LogP contribution in [0, 0.1) is 0 Å². The van der Waals surface area contributed by atoms with Crippen molar-refractivity contribution in [2.24, 2.45) is 0 Å². The van der Waals surface area contributed by atoms with E-state index in [0.717, 1.165) is 64.7 Å². The van der Waals surface area contributed by atoms with Gasteiger partial charge in [-0.1, -0.05) is 13.3 Å². The number of nitrogens with zero attached hydrogens (tertiary/aromatic N) is 2. The van der Waals surface area contributed by atoms with Gasteiger partial charge in [-0.05, 0) is 32.1 Å². The molecule has 1 saturated heterocycles. The third-order valence-corrected chi connectivity index (χ3v) is 4.48. The molecule has 1 heterocycles. The first-order valence-electron chi connectivity index (χ1n) is 8.04. The zero-order valence-electron chi connectivity index (χ0n) is 12.6. The van der Waals surface area contributed by atoms with E-state index in [1.165, 1.54) is 0 Å². The molecule has 0 atom stereocenters. The van der Waals surface area contributed by atoms with Crippen LogP contribution in [0.2, 0.25) is 0 Å². The summed E-state index contributed by atoms with van der Waals surface area (Å²) in [5.74, 6) is 0. The summed E-state index contributed by atoms with van der Waals surface area (Å²) in [6.07, 6.45) is 5.75. The van der Waals surface area contributed by atoms with Gasteiger partial charge in [0.2, 0.25) is 0 Å². The lowest BCUT2D eigenvalue weighted by molar-refractivity contribution is 0.0367. The van der Waals surface area contributed by atoms with Gasteiger partial charge in [0.1, 0.15) is 0 Å². The summed E-state index contributed by atoms with van der Waals surface area (Å²) in [4.78, 5) is 16.1. The Balaban J connectivity index is 1.68. The minimum Gasteiger partial charge on any atom is -0.449 e. The fourth-order valence-electron chi connectivity index (χ4n) is 3.09. The molecule has 116 valence electrons. The van der Waals surface area contributed by atoms with Crippen molar-refractivity contribution in [3.63, 3.8) is 0 Å². The fourth-order valence-corrected chi connectivity index (χ4v) is 3.09. The van der Waals surface area contributed by atoms with Crippen molar-refractivity contribution in [1.29, 1.82) is 0 Å². The fraction of sp³-hybridized carbons (Fsp3) is 0.933. The molecule has 0 bridgehead atoms. The zero-order chi connectivity index (χ0) is 14.4. The summed E-state index contributed by atoms with van der Waals surface area (Å²) in [6.45, 7) is 6.03. The number of carbonyl (C=O) groups excluding carboxylic acids is 1. The highest BCUT2D eigenvalue weighted by molar-refractivity contribution is 5.67. The number of hydrogen-bond acceptors (Lipinski definition) is 4. The molecule has 1 amide bonds. The van der Waals surface area contributed by atoms with E-state index in [9.17, 15) is 9.90 Å². The van der Waals surface area contributed by atoms with E-state index in [0.29, 0.717) is 12.6 Å². The molecule has 5 nitrogen and oxygen atoms in total. The van der Waals surface area contributed by atoms with E-state index in [4.69, 9.17) is 4.74 Å². The molecule has 2 rings (SSSR count). The normalized spacial score (nSPS) is 28.4. The number of hydrogen-bond donors (Lipinski definition) is 1. The first kappa shape index (κ1) is 15.6. The summed E-state index contributed by atoms with van der Waals surface area (Å²) in [5, 5.41) is 9.55. The lowest BCUT2D eigenvalue weighted by Gasteiger charge is -2.41. The minimum atomic E-state index is -0.155. The Labute approximate surface area is 121 Å². The van der Waals surface area contributed by atoms with E-state index in [2.05, 4.69) is 11.8 Å². The summed E-state index contributed by atoms with van der Waals surface area (Å²) in [7, 11) is 0. The zero-order valence-corrected chi connectivity index (χ0v) is 12.6. The summed E-state index contributed by atoms with van der Waals surface area (Å²) in [5.41, 5.74) is 0. The number of amides is 1. The molecule has 0 aromatic carbocycles. The Morgan fingerprint density at radius 2 is 1.80 bits per heavy atom. The maximum absolute atomic E-state index is 11.9. The van der Waals surface area contributed by atoms with Crippen molar-refractivity contribution in [2.45, 2.75) is 57.6 Å². The average Bonchev–Trinajstić information content (AvgIpc) is 2.48. The highest BCUT2D eigenvalue weighted by Crippen LogP contribution is 2.24. The van der Waals surface area contributed by atoms with Gasteiger partial charge in [-0.15, -0.1) is 0 Å². The Hall–Kier alpha value is -0.810. The molecule has 20 heavy (non-hydrogen) atoms. The topological polar surface area (TPSA) is 53.0 Å². The second-order valence-corrected chi connectivity index (χ2v) is 5.95. The van der Waals surface area contributed by atoms with Crippen LogP contribution in [0.1, 0.15) is 45.4 Å². The van der Waals surface area contributed by atoms with Crippen LogP contribution >= 0.6 is 0 Å². The lowest BCUT2D eigenvalue weighted by atomic mass is 9.91. The largest absolute Gasteiger partial charge is 0.449 e. The molecule has 1 saturated carbocycles. The van der Waals surface area contributed by atoms with Gasteiger partial charge in [-0.25, -0.2) is 4.79 Å². The molecule has 0 aromatic heterocycles. The van der Waals surface area contributed by atoms with Crippen LogP contribution in [-0.2, 0) is 4.74 Å². The maximum Gasteiger partial charge on any atom is 0.409 e. The Morgan fingerprint density at radius 3 is 2.40 bits per heavy atom. The van der Waals surface area contributed by atoms with Crippen LogP contribution in [0.15, 0.2) is 0 Å². The van der Waals surface area contributed by atoms with Crippen LogP contribution in [-0.4, -0.2) is 65.9 Å². The average molecular weight is 284 g/mol. The number of ether oxygens (including phenoxy) is 1. The molecule has 1 aliphatic heterocycles. The number of rotatable bonds is 4. The standard InChI is InChI=1S/C15H28N2O3/c1-2-3-12-20-15(19)17-10-8-16(9-11-17)13-4-6-14(18)7-5-13/h13-14,18H,2-12H2,1H3. The summed E-state index contributed by atoms with van der Waals surface area (Å²) in [6, 6.07) is 0.594. The first-order chi connectivity index (χ1) is 9.70. The number of piperazine rings is 1. The van der Waals surface area contributed by atoms with Gasteiger partial charge in [-0.2, -0.15) is 0 Å². The third-order valence-electron chi connectivity index (χ3n) is 4.48. The lowest BCUT2D eigenvalue weighted by Crippen LogP contribution is -2.52. The highest BCUT2D eigenvalue weighted by Gasteiger charge is 2.29. The number of carbonyl (C=O) groups is 1. The Kier molecular flexibility index (Phi) is 6.10. The molecule has 2 aliphatic rings. The van der Waals surface area contributed by atoms with Crippen molar-refractivity contribution < 1.29 is 14.6 Å². The predicted molar refractivity (Wildman–Crippen MR) is 77.7 cm³/mol. The van der Waals surface area contributed by atoms with Gasteiger partial charge in [0.25, 0.3) is 0 Å². The molecular weight excluding hydrogens is 256 g/mol. The van der Waals surface area contributed by atoms with Crippen LogP contribution in [0.25, 0.3) is 0 Å². The molecule has 0 radical (unpaired) electrons. The van der Waals surface area contributed by atoms with Gasteiger partial charge in [0.05, 0.1) is 12.7 Å². The smallest absolute Gasteiger partial charge is 0.409 e. The van der Waals surface area contributed by atoms with Crippen molar-refractivity contribution in [2.75, 3.05) is 32.8 Å². The van der Waals surface area contributed by atoms with Crippen molar-refractivity contribution in [1.82, 2.24) is 9.80 Å². The first-order valence-corrected chi connectivity index (χ1v) is 8.04. The molecule has 0 unspecified atom stereocenters. The van der Waals surface area contributed by atoms with Crippen molar-refractivity contribution >= 4 is 6.09 Å². The number of aliphatic hydroxyl groups is 1. The number of unbranched alkanes of at least 4 members (excludes halogenated alkanes) is 1. The number of aliphatic hydroxyl groups excluding tert-OH is 1. The van der Waals surface area contributed by atoms with E-state index < -0.39 is 0 Å². The maximum atomic E-state index is 11.9. The summed E-state index contributed by atoms with van der Waals surface area (Å²) >= 11 is 0. The minimum absolute atomic E-state index is 0.0962. The monoisotopic (exact) mass is 284 g/mol. The summed E-state index contributed by atoms with van der Waals surface area (Å²) < 4.78 is 5.25. The van der Waals surface area contributed by atoms with Gasteiger partial charge in [0.15, 0.2) is 0 Å². The molecule has 1 N–H and O–H groups in total. The van der Waals surface area contributed by atoms with Crippen LogP contribution in [0.4, 0.5) is 4.79 Å². The SMILES string of the molecule is CCCCOC(=O)N1CCN(C2CCC(O)CC2)CC1. The molecular formula is C15H28N2O3. The highest BCUT2D eigenvalue weighted by atomic mass is 16.6. The van der Waals surface area contributed by atoms with Gasteiger partial charge in [0, 0.05) is 32.2 Å². The van der Waals surface area contributed by atoms with Crippen molar-refractivity contribution in [3.05, 3.63) is 0 Å². The van der Waals surface area contributed by atoms with Crippen molar-refractivity contribution in [3.8, 4) is 0 Å². The second-order valence-electron chi connectivity index (χ2n) is 5.95. The van der Waals surface area contributed by atoms with Gasteiger partial charge < -0.3 is 14.7 Å². The Bertz CT molecular complexity index is 295. The van der Waals surface area contributed by atoms with E-state index in [1.54, 1.807) is 0 Å². The second kappa shape index (κ2) is 7.84. The molecule has 2 fully saturated rings. The third kappa shape index (κ3) is 4.35. The van der Waals surface area contributed by atoms with E-state index in [1.807, 2.05) is 4.90 Å². The molecule has 0 spiro atoms. The van der Waals surface area contributed by atoms with E-state index >= 15 is 0 Å². The van der Waals surface area contributed by atoms with Gasteiger partial charge >= 0.3 is 6.09 Å². The van der Waals surface area contributed by atoms with E-state index in [-0.39, 0.29) is 12.2 Å². The van der Waals surface area contributed by atoms with Gasteiger partial charge in [-0.3, -0.25) is 4.90 Å². The van der Waals surface area contributed by atoms with Crippen LogP contribution < -0.4 is 0 Å². The van der Waals surface area contributed by atoms with Crippen LogP contribution in [0.5, 0.6) is 0 Å². The van der Waals surface area contributed by atoms with Crippen LogP contribution in [0.3, 0.4) is 0 Å². The predicted octanol–water partition coefficient (Wildman–Crippen LogP) is 1.84. The molecule has 5 heteroatoms. The molecule has 1 aliphatic carbocycles.